The van der Waals surface area contributed by atoms with Crippen LogP contribution in [0.2, 0.25) is 0 Å². The van der Waals surface area contributed by atoms with E-state index in [1.165, 1.54) is 24.6 Å². The molecule has 4 rings (SSSR count). The maximum absolute atomic E-state index is 4.57. The predicted molar refractivity (Wildman–Crippen MR) is 101 cm³/mol. The molecule has 2 heterocycles. The lowest BCUT2D eigenvalue weighted by Gasteiger charge is -1.93. The molecule has 4 aromatic rings. The van der Waals surface area contributed by atoms with Crippen LogP contribution in [-0.2, 0) is 13.0 Å². The molecule has 0 N–H and O–H groups in total. The summed E-state index contributed by atoms with van der Waals surface area (Å²) < 4.78 is 5.22. The Labute approximate surface area is 143 Å². The maximum atomic E-state index is 4.57. The van der Waals surface area contributed by atoms with E-state index in [2.05, 4.69) is 40.7 Å². The third-order valence-corrected chi connectivity index (χ3v) is 6.44. The summed E-state index contributed by atoms with van der Waals surface area (Å²) in [5.41, 5.74) is 1.01. The van der Waals surface area contributed by atoms with Crippen molar-refractivity contribution in [1.82, 2.24) is 0 Å². The molecule has 0 atom stereocenters. The number of thiophene rings is 1. The van der Waals surface area contributed by atoms with E-state index in [0.29, 0.717) is 0 Å². The van der Waals surface area contributed by atoms with Gasteiger partial charge in [-0.25, -0.2) is 0 Å². The van der Waals surface area contributed by atoms with E-state index in [1.807, 2.05) is 59.2 Å². The predicted octanol–water partition coefficient (Wildman–Crippen LogP) is 5.37. The Hall–Kier alpha value is -2.04. The summed E-state index contributed by atoms with van der Waals surface area (Å²) >= 11 is 3.79. The Kier molecular flexibility index (Phi) is 3.93. The van der Waals surface area contributed by atoms with E-state index in [9.17, 15) is 0 Å². The van der Waals surface area contributed by atoms with Gasteiger partial charge in [0.25, 0.3) is 4.83 Å². The molecule has 4 heteroatoms. The first kappa shape index (κ1) is 14.5. The van der Waals surface area contributed by atoms with Gasteiger partial charge in [-0.2, -0.15) is 4.57 Å². The first-order chi connectivity index (χ1) is 11.4. The van der Waals surface area contributed by atoms with Crippen LogP contribution in [-0.4, -0.2) is 6.21 Å². The zero-order valence-corrected chi connectivity index (χ0v) is 14.5. The van der Waals surface area contributed by atoms with E-state index in [-0.39, 0.29) is 0 Å². The Morgan fingerprint density at radius 1 is 1.00 bits per heavy atom. The number of thiazole rings is 1. The van der Waals surface area contributed by atoms with Gasteiger partial charge >= 0.3 is 0 Å². The van der Waals surface area contributed by atoms with Crippen molar-refractivity contribution in [1.29, 1.82) is 0 Å². The molecule has 0 fully saturated rings. The highest BCUT2D eigenvalue weighted by Crippen LogP contribution is 2.36. The lowest BCUT2D eigenvalue weighted by molar-refractivity contribution is -0.668. The van der Waals surface area contributed by atoms with Crippen molar-refractivity contribution in [2.24, 2.45) is 4.99 Å². The molecule has 2 nitrogen and oxygen atoms in total. The minimum atomic E-state index is 0.878. The van der Waals surface area contributed by atoms with Crippen LogP contribution in [0.1, 0.15) is 11.9 Å². The van der Waals surface area contributed by atoms with E-state index < -0.39 is 0 Å². The molecule has 0 unspecified atom stereocenters. The quantitative estimate of drug-likeness (QED) is 0.352. The number of para-hydroxylation sites is 1. The molecule has 0 aliphatic carbocycles. The van der Waals surface area contributed by atoms with Gasteiger partial charge in [0.05, 0.1) is 12.1 Å². The molecule has 0 saturated carbocycles. The number of rotatable bonds is 4. The van der Waals surface area contributed by atoms with Crippen LogP contribution in [0.4, 0.5) is 5.69 Å². The minimum absolute atomic E-state index is 0.878. The second-order valence-electron chi connectivity index (χ2n) is 5.32. The Morgan fingerprint density at radius 3 is 2.61 bits per heavy atom. The van der Waals surface area contributed by atoms with Crippen molar-refractivity contribution in [3.8, 4) is 0 Å². The first-order valence-corrected chi connectivity index (χ1v) is 9.40. The number of aromatic nitrogens is 1. The summed E-state index contributed by atoms with van der Waals surface area (Å²) in [6.45, 7) is 3.22. The number of hydrogen-bond acceptors (Lipinski definition) is 3. The molecule has 0 bridgehead atoms. The molecule has 114 valence electrons. The van der Waals surface area contributed by atoms with Gasteiger partial charge in [0.1, 0.15) is 11.2 Å². The average molecular weight is 337 g/mol. The fourth-order valence-electron chi connectivity index (χ4n) is 2.79. The number of aliphatic imine (C=N–C) groups is 1. The lowest BCUT2D eigenvalue weighted by atomic mass is 10.3. The summed E-state index contributed by atoms with van der Waals surface area (Å²) in [5, 5.41) is 2.75. The fourth-order valence-corrected chi connectivity index (χ4v) is 5.56. The van der Waals surface area contributed by atoms with Gasteiger partial charge in [0.2, 0.25) is 5.01 Å². The summed E-state index contributed by atoms with van der Waals surface area (Å²) in [6.07, 6.45) is 2.90. The number of aryl methyl sites for hydroxylation is 1. The zero-order valence-electron chi connectivity index (χ0n) is 12.9. The lowest BCUT2D eigenvalue weighted by Crippen LogP contribution is -2.34. The van der Waals surface area contributed by atoms with Crippen molar-refractivity contribution in [3.63, 3.8) is 0 Å². The van der Waals surface area contributed by atoms with Crippen molar-refractivity contribution in [2.75, 3.05) is 0 Å². The second-order valence-corrected chi connectivity index (χ2v) is 7.44. The monoisotopic (exact) mass is 337 g/mol. The second kappa shape index (κ2) is 6.22. The van der Waals surface area contributed by atoms with Gasteiger partial charge in [-0.1, -0.05) is 59.1 Å². The smallest absolute Gasteiger partial charge is 0.261 e. The van der Waals surface area contributed by atoms with Crippen molar-refractivity contribution < 1.29 is 4.57 Å². The number of nitrogens with zero attached hydrogens (tertiary/aromatic N) is 2. The summed E-state index contributed by atoms with van der Waals surface area (Å²) in [4.78, 5) is 5.96. The normalized spacial score (nSPS) is 11.9. The molecular formula is C19H17N2S2+. The third-order valence-electron chi connectivity index (χ3n) is 3.88. The maximum Gasteiger partial charge on any atom is 0.281 e. The Bertz CT molecular complexity index is 981. The van der Waals surface area contributed by atoms with Gasteiger partial charge in [0.15, 0.2) is 0 Å². The van der Waals surface area contributed by atoms with E-state index in [0.717, 1.165) is 18.7 Å². The summed E-state index contributed by atoms with van der Waals surface area (Å²) in [5.74, 6) is 0. The van der Waals surface area contributed by atoms with Gasteiger partial charge in [-0.15, -0.1) is 0 Å². The van der Waals surface area contributed by atoms with Crippen LogP contribution in [0.3, 0.4) is 0 Å². The van der Waals surface area contributed by atoms with Crippen LogP contribution in [0, 0.1) is 0 Å². The molecule has 0 radical (unpaired) electrons. The number of benzene rings is 2. The highest BCUT2D eigenvalue weighted by atomic mass is 32.1. The molecule has 0 spiro atoms. The molecule has 0 amide bonds. The zero-order chi connectivity index (χ0) is 15.6. The molecule has 0 aliphatic rings. The van der Waals surface area contributed by atoms with Crippen LogP contribution in [0.15, 0.2) is 59.6 Å². The highest BCUT2D eigenvalue weighted by Gasteiger charge is 2.22. The van der Waals surface area contributed by atoms with Gasteiger partial charge in [-0.3, -0.25) is 4.99 Å². The minimum Gasteiger partial charge on any atom is -0.261 e. The Morgan fingerprint density at radius 2 is 1.78 bits per heavy atom. The van der Waals surface area contributed by atoms with Crippen molar-refractivity contribution >= 4 is 54.2 Å². The van der Waals surface area contributed by atoms with E-state index >= 15 is 0 Å². The SMILES string of the molecule is CC[n+]1c(CC=Nc2ccccc2)sc2c3ccccc3sc21. The molecule has 0 saturated heterocycles. The van der Waals surface area contributed by atoms with Crippen LogP contribution in [0.25, 0.3) is 19.6 Å². The average Bonchev–Trinajstić information content (AvgIpc) is 3.11. The molecule has 2 aromatic heterocycles. The summed E-state index contributed by atoms with van der Waals surface area (Å²) in [7, 11) is 0. The molecular weight excluding hydrogens is 320 g/mol. The fraction of sp³-hybridized carbons (Fsp3) is 0.158. The third kappa shape index (κ3) is 2.69. The van der Waals surface area contributed by atoms with Crippen LogP contribution >= 0.6 is 22.7 Å². The topological polar surface area (TPSA) is 16.2 Å². The number of hydrogen-bond donors (Lipinski definition) is 0. The Balaban J connectivity index is 1.71. The van der Waals surface area contributed by atoms with Gasteiger partial charge < -0.3 is 0 Å². The summed E-state index contributed by atoms with van der Waals surface area (Å²) in [6, 6.07) is 18.8. The van der Waals surface area contributed by atoms with Gasteiger partial charge in [-0.05, 0) is 25.1 Å². The first-order valence-electron chi connectivity index (χ1n) is 7.77. The highest BCUT2D eigenvalue weighted by molar-refractivity contribution is 7.31. The van der Waals surface area contributed by atoms with Crippen LogP contribution < -0.4 is 4.57 Å². The van der Waals surface area contributed by atoms with E-state index in [4.69, 9.17) is 0 Å². The van der Waals surface area contributed by atoms with E-state index in [1.54, 1.807) is 0 Å². The van der Waals surface area contributed by atoms with Crippen molar-refractivity contribution in [2.45, 2.75) is 19.9 Å². The molecule has 2 aromatic carbocycles. The van der Waals surface area contributed by atoms with Crippen molar-refractivity contribution in [3.05, 3.63) is 59.6 Å². The standard InChI is InChI=1S/C19H17N2S2/c1-2-21-17(12-13-20-14-8-4-3-5-9-14)23-18-15-10-6-7-11-16(15)22-19(18)21/h3-11,13H,2,12H2,1H3/q+1. The largest absolute Gasteiger partial charge is 0.281 e. The van der Waals surface area contributed by atoms with Crippen LogP contribution in [0.5, 0.6) is 0 Å². The van der Waals surface area contributed by atoms with Gasteiger partial charge in [0, 0.05) is 16.3 Å². The molecule has 0 aliphatic heterocycles. The molecule has 23 heavy (non-hydrogen) atoms. The number of fused-ring (bicyclic) bond motifs is 3.